The zero-order chi connectivity index (χ0) is 9.24. The van der Waals surface area contributed by atoms with Crippen molar-refractivity contribution < 1.29 is 9.84 Å². The Balaban J connectivity index is 2.36. The summed E-state index contributed by atoms with van der Waals surface area (Å²) in [6, 6.07) is 0. The molecule has 0 heterocycles. The van der Waals surface area contributed by atoms with E-state index in [-0.39, 0.29) is 12.2 Å². The Labute approximate surface area is 73.9 Å². The van der Waals surface area contributed by atoms with Gasteiger partial charge in [-0.25, -0.2) is 0 Å². The molecule has 1 rings (SSSR count). The zero-order valence-electron chi connectivity index (χ0n) is 7.97. The molecule has 0 aromatic heterocycles. The number of ether oxygens (including phenoxy) is 1. The average Bonchev–Trinajstić information content (AvgIpc) is 1.96. The molecule has 0 atom stereocenters. The summed E-state index contributed by atoms with van der Waals surface area (Å²) in [5.41, 5.74) is 5.86. The molecule has 0 unspecified atom stereocenters. The minimum Gasteiger partial charge on any atom is -0.394 e. The smallest absolute Gasteiger partial charge is 0.0815 e. The summed E-state index contributed by atoms with van der Waals surface area (Å²) in [5.74, 6) is 0. The van der Waals surface area contributed by atoms with Gasteiger partial charge in [-0.15, -0.1) is 0 Å². The van der Waals surface area contributed by atoms with Gasteiger partial charge in [0.25, 0.3) is 0 Å². The Morgan fingerprint density at radius 3 is 2.33 bits per heavy atom. The highest BCUT2D eigenvalue weighted by Gasteiger charge is 2.49. The van der Waals surface area contributed by atoms with Gasteiger partial charge in [0.1, 0.15) is 0 Å². The lowest BCUT2D eigenvalue weighted by Crippen LogP contribution is -2.56. The number of nitrogens with two attached hydrogens (primary N) is 1. The first-order valence-electron chi connectivity index (χ1n) is 4.49. The summed E-state index contributed by atoms with van der Waals surface area (Å²) in [6.45, 7) is 5.48. The highest BCUT2D eigenvalue weighted by Crippen LogP contribution is 2.49. The summed E-state index contributed by atoms with van der Waals surface area (Å²) in [4.78, 5) is 0. The fourth-order valence-corrected chi connectivity index (χ4v) is 2.26. The first-order chi connectivity index (χ1) is 5.54. The predicted molar refractivity (Wildman–Crippen MR) is 47.8 cm³/mol. The van der Waals surface area contributed by atoms with Gasteiger partial charge < -0.3 is 15.6 Å². The number of rotatable bonds is 4. The molecule has 3 nitrogen and oxygen atoms in total. The Kier molecular flexibility index (Phi) is 2.76. The molecule has 3 heteroatoms. The van der Waals surface area contributed by atoms with Crippen LogP contribution in [0.2, 0.25) is 0 Å². The van der Waals surface area contributed by atoms with Gasteiger partial charge in [-0.05, 0) is 18.3 Å². The van der Waals surface area contributed by atoms with Gasteiger partial charge in [0, 0.05) is 6.54 Å². The molecular weight excluding hydrogens is 154 g/mol. The van der Waals surface area contributed by atoms with E-state index in [1.54, 1.807) is 0 Å². The number of aliphatic hydroxyl groups is 1. The van der Waals surface area contributed by atoms with Crippen molar-refractivity contribution in [2.45, 2.75) is 32.3 Å². The van der Waals surface area contributed by atoms with Crippen molar-refractivity contribution in [2.75, 3.05) is 19.8 Å². The highest BCUT2D eigenvalue weighted by atomic mass is 16.5. The van der Waals surface area contributed by atoms with E-state index < -0.39 is 0 Å². The normalized spacial score (nSPS) is 25.0. The van der Waals surface area contributed by atoms with Crippen molar-refractivity contribution in [2.24, 2.45) is 11.1 Å². The summed E-state index contributed by atoms with van der Waals surface area (Å²) < 4.78 is 5.52. The Bertz CT molecular complexity index is 149. The van der Waals surface area contributed by atoms with Crippen LogP contribution in [0.1, 0.15) is 26.7 Å². The van der Waals surface area contributed by atoms with Crippen LogP contribution in [0.4, 0.5) is 0 Å². The lowest BCUT2D eigenvalue weighted by atomic mass is 9.61. The zero-order valence-corrected chi connectivity index (χ0v) is 7.97. The largest absolute Gasteiger partial charge is 0.394 e. The monoisotopic (exact) mass is 173 g/mol. The van der Waals surface area contributed by atoms with Gasteiger partial charge in [0.2, 0.25) is 0 Å². The molecule has 72 valence electrons. The Hall–Kier alpha value is -0.120. The third-order valence-electron chi connectivity index (χ3n) is 2.47. The van der Waals surface area contributed by atoms with Crippen molar-refractivity contribution >= 4 is 0 Å². The van der Waals surface area contributed by atoms with Crippen molar-refractivity contribution in [1.29, 1.82) is 0 Å². The van der Waals surface area contributed by atoms with Gasteiger partial charge >= 0.3 is 0 Å². The first kappa shape index (κ1) is 9.96. The number of hydrogen-bond acceptors (Lipinski definition) is 3. The summed E-state index contributed by atoms with van der Waals surface area (Å²) in [7, 11) is 0. The van der Waals surface area contributed by atoms with Crippen molar-refractivity contribution in [1.82, 2.24) is 0 Å². The van der Waals surface area contributed by atoms with E-state index >= 15 is 0 Å². The van der Waals surface area contributed by atoms with Crippen LogP contribution in [0.25, 0.3) is 0 Å². The van der Waals surface area contributed by atoms with Crippen LogP contribution in [0.15, 0.2) is 0 Å². The number of hydrogen-bond donors (Lipinski definition) is 2. The molecule has 3 N–H and O–H groups in total. The van der Waals surface area contributed by atoms with E-state index in [1.807, 2.05) is 0 Å². The minimum atomic E-state index is -0.133. The highest BCUT2D eigenvalue weighted by molar-refractivity contribution is 5.01. The molecular formula is C9H19NO2. The molecule has 1 saturated carbocycles. The molecule has 0 bridgehead atoms. The van der Waals surface area contributed by atoms with Crippen LogP contribution >= 0.6 is 0 Å². The van der Waals surface area contributed by atoms with Crippen LogP contribution in [0.3, 0.4) is 0 Å². The van der Waals surface area contributed by atoms with Gasteiger partial charge in [-0.2, -0.15) is 0 Å². The maximum absolute atomic E-state index is 8.61. The summed E-state index contributed by atoms with van der Waals surface area (Å²) in [6.07, 6.45) is 2.02. The molecule has 0 aliphatic heterocycles. The van der Waals surface area contributed by atoms with Gasteiger partial charge in [0.05, 0.1) is 18.8 Å². The minimum absolute atomic E-state index is 0.0855. The molecule has 0 spiro atoms. The molecule has 1 aliphatic rings. The number of aliphatic hydroxyl groups excluding tert-OH is 1. The maximum Gasteiger partial charge on any atom is 0.0815 e. The molecule has 0 radical (unpaired) electrons. The molecule has 12 heavy (non-hydrogen) atoms. The fourth-order valence-electron chi connectivity index (χ4n) is 2.26. The molecule has 1 fully saturated rings. The van der Waals surface area contributed by atoms with E-state index in [2.05, 4.69) is 13.8 Å². The predicted octanol–water partition coefficient (Wildman–Crippen LogP) is 0.513. The molecule has 1 aliphatic carbocycles. The summed E-state index contributed by atoms with van der Waals surface area (Å²) in [5, 5.41) is 8.61. The second-order valence-electron chi connectivity index (χ2n) is 4.48. The SMILES string of the molecule is CC1(C)CC(CN)(OCCO)C1. The van der Waals surface area contributed by atoms with E-state index in [0.29, 0.717) is 18.6 Å². The lowest BCUT2D eigenvalue weighted by molar-refractivity contribution is -0.156. The maximum atomic E-state index is 8.61. The average molecular weight is 173 g/mol. The second kappa shape index (κ2) is 3.32. The third-order valence-corrected chi connectivity index (χ3v) is 2.47. The van der Waals surface area contributed by atoms with E-state index in [1.165, 1.54) is 0 Å². The standard InChI is InChI=1S/C9H19NO2/c1-8(2)5-9(6-8,7-10)12-4-3-11/h11H,3-7,10H2,1-2H3. The van der Waals surface area contributed by atoms with Crippen molar-refractivity contribution in [3.63, 3.8) is 0 Å². The van der Waals surface area contributed by atoms with E-state index in [0.717, 1.165) is 12.8 Å². The van der Waals surface area contributed by atoms with E-state index in [9.17, 15) is 0 Å². The molecule has 0 saturated heterocycles. The Morgan fingerprint density at radius 1 is 1.42 bits per heavy atom. The van der Waals surface area contributed by atoms with Crippen LogP contribution in [0, 0.1) is 5.41 Å². The Morgan fingerprint density at radius 2 is 2.00 bits per heavy atom. The van der Waals surface area contributed by atoms with Gasteiger partial charge in [-0.1, -0.05) is 13.8 Å². The van der Waals surface area contributed by atoms with Crippen LogP contribution in [-0.4, -0.2) is 30.5 Å². The lowest BCUT2D eigenvalue weighted by Gasteiger charge is -2.52. The van der Waals surface area contributed by atoms with Crippen LogP contribution in [-0.2, 0) is 4.74 Å². The molecule has 0 aromatic carbocycles. The van der Waals surface area contributed by atoms with Gasteiger partial charge in [0.15, 0.2) is 0 Å². The van der Waals surface area contributed by atoms with Crippen molar-refractivity contribution in [3.8, 4) is 0 Å². The molecule has 0 aromatic rings. The van der Waals surface area contributed by atoms with Crippen molar-refractivity contribution in [3.05, 3.63) is 0 Å². The quantitative estimate of drug-likeness (QED) is 0.651. The first-order valence-corrected chi connectivity index (χ1v) is 4.49. The fraction of sp³-hybridized carbons (Fsp3) is 1.00. The van der Waals surface area contributed by atoms with E-state index in [4.69, 9.17) is 15.6 Å². The van der Waals surface area contributed by atoms with Gasteiger partial charge in [-0.3, -0.25) is 0 Å². The van der Waals surface area contributed by atoms with Crippen LogP contribution < -0.4 is 5.73 Å². The second-order valence-corrected chi connectivity index (χ2v) is 4.48. The summed E-state index contributed by atoms with van der Waals surface area (Å²) >= 11 is 0. The third kappa shape index (κ3) is 1.97. The van der Waals surface area contributed by atoms with Crippen LogP contribution in [0.5, 0.6) is 0 Å². The topological polar surface area (TPSA) is 55.5 Å². The molecule has 0 amide bonds.